The van der Waals surface area contributed by atoms with Crippen LogP contribution in [0.1, 0.15) is 31.4 Å². The van der Waals surface area contributed by atoms with E-state index in [-0.39, 0.29) is 11.0 Å². The molecule has 2 amide bonds. The van der Waals surface area contributed by atoms with Crippen LogP contribution in [0, 0.1) is 0 Å². The van der Waals surface area contributed by atoms with Crippen LogP contribution >= 0.6 is 23.4 Å². The lowest BCUT2D eigenvalue weighted by Gasteiger charge is -2.15. The van der Waals surface area contributed by atoms with Gasteiger partial charge in [0.25, 0.3) is 11.1 Å². The van der Waals surface area contributed by atoms with Gasteiger partial charge in [0.15, 0.2) is 11.5 Å². The molecule has 174 valence electrons. The number of halogens is 1. The van der Waals surface area contributed by atoms with Gasteiger partial charge in [0.05, 0.1) is 23.1 Å². The molecule has 1 saturated heterocycles. The highest BCUT2D eigenvalue weighted by Crippen LogP contribution is 2.39. The molecule has 0 spiro atoms. The summed E-state index contributed by atoms with van der Waals surface area (Å²) >= 11 is 7.18. The van der Waals surface area contributed by atoms with Crippen LogP contribution in [0.25, 0.3) is 6.08 Å². The number of thioether (sulfide) groups is 1. The van der Waals surface area contributed by atoms with Crippen molar-refractivity contribution in [2.75, 3.05) is 13.7 Å². The van der Waals surface area contributed by atoms with E-state index in [0.29, 0.717) is 35.1 Å². The zero-order valence-corrected chi connectivity index (χ0v) is 20.1. The molecule has 0 N–H and O–H groups in total. The summed E-state index contributed by atoms with van der Waals surface area (Å²) in [5, 5.41) is -0.235. The summed E-state index contributed by atoms with van der Waals surface area (Å²) in [4.78, 5) is 38.0. The minimum Gasteiger partial charge on any atom is -0.493 e. The first-order valence-electron chi connectivity index (χ1n) is 10.3. The molecule has 2 aromatic rings. The van der Waals surface area contributed by atoms with Crippen LogP contribution in [0.15, 0.2) is 47.4 Å². The second kappa shape index (κ2) is 11.2. The number of imide groups is 1. The van der Waals surface area contributed by atoms with Crippen molar-refractivity contribution in [1.82, 2.24) is 4.90 Å². The molecule has 0 saturated carbocycles. The van der Waals surface area contributed by atoms with Crippen LogP contribution in [-0.2, 0) is 20.9 Å². The Bertz CT molecular complexity index is 1070. The fourth-order valence-corrected chi connectivity index (χ4v) is 4.07. The van der Waals surface area contributed by atoms with E-state index in [1.54, 1.807) is 19.1 Å². The Balaban J connectivity index is 1.75. The molecule has 3 rings (SSSR count). The molecule has 1 aliphatic rings. The number of nitrogens with zero attached hydrogens (tertiary/aromatic N) is 1. The first kappa shape index (κ1) is 24.7. The second-order valence-corrected chi connectivity index (χ2v) is 8.69. The lowest BCUT2D eigenvalue weighted by Crippen LogP contribution is -2.35. The molecule has 0 radical (unpaired) electrons. The molecule has 7 nitrogen and oxygen atoms in total. The highest BCUT2D eigenvalue weighted by molar-refractivity contribution is 8.18. The number of esters is 1. The van der Waals surface area contributed by atoms with Crippen molar-refractivity contribution in [1.29, 1.82) is 0 Å². The Morgan fingerprint density at radius 1 is 1.21 bits per heavy atom. The summed E-state index contributed by atoms with van der Waals surface area (Å²) in [5.74, 6) is -0.426. The van der Waals surface area contributed by atoms with Crippen molar-refractivity contribution >= 4 is 46.6 Å². The summed E-state index contributed by atoms with van der Waals surface area (Å²) in [7, 11) is 1.49. The van der Waals surface area contributed by atoms with Gasteiger partial charge in [0.2, 0.25) is 0 Å². The number of methoxy groups -OCH3 is 1. The summed E-state index contributed by atoms with van der Waals surface area (Å²) in [5.41, 5.74) is 1.52. The molecule has 0 bridgehead atoms. The third-order valence-corrected chi connectivity index (χ3v) is 6.03. The van der Waals surface area contributed by atoms with Gasteiger partial charge in [-0.05, 0) is 54.4 Å². The van der Waals surface area contributed by atoms with Crippen molar-refractivity contribution in [3.05, 3.63) is 63.5 Å². The van der Waals surface area contributed by atoms with Crippen molar-refractivity contribution < 1.29 is 28.6 Å². The van der Waals surface area contributed by atoms with Gasteiger partial charge in [0.1, 0.15) is 13.2 Å². The third kappa shape index (κ3) is 6.30. The molecule has 1 heterocycles. The molecule has 1 fully saturated rings. The number of hydrogen-bond acceptors (Lipinski definition) is 7. The summed E-state index contributed by atoms with van der Waals surface area (Å²) in [6.07, 6.45) is 1.88. The Morgan fingerprint density at radius 2 is 1.94 bits per heavy atom. The number of hydrogen-bond donors (Lipinski definition) is 0. The fourth-order valence-electron chi connectivity index (χ4n) is 2.95. The fraction of sp³-hybridized carbons (Fsp3) is 0.292. The van der Waals surface area contributed by atoms with Gasteiger partial charge in [-0.15, -0.1) is 0 Å². The average Bonchev–Trinajstić information content (AvgIpc) is 3.05. The largest absolute Gasteiger partial charge is 0.493 e. The normalized spacial score (nSPS) is 15.6. The van der Waals surface area contributed by atoms with Crippen molar-refractivity contribution in [3.63, 3.8) is 0 Å². The molecule has 0 aliphatic carbocycles. The standard InChI is InChI=1S/C24H24ClNO6S/c1-4-15(2)32-21(27)13-26-23(28)20(33-24(26)29)12-17-10-18(25)22(19(11-17)30-3)31-14-16-8-6-5-7-9-16/h5-12,15H,4,13-14H2,1-3H3/b20-12-/t15-/m1/s1. The first-order valence-corrected chi connectivity index (χ1v) is 11.5. The van der Waals surface area contributed by atoms with Gasteiger partial charge in [-0.1, -0.05) is 48.9 Å². The second-order valence-electron chi connectivity index (χ2n) is 7.28. The van der Waals surface area contributed by atoms with Gasteiger partial charge >= 0.3 is 5.97 Å². The molecular formula is C24H24ClNO6S. The summed E-state index contributed by atoms with van der Waals surface area (Å²) in [6, 6.07) is 12.9. The molecule has 33 heavy (non-hydrogen) atoms. The Labute approximate surface area is 201 Å². The topological polar surface area (TPSA) is 82.1 Å². The van der Waals surface area contributed by atoms with E-state index in [4.69, 9.17) is 25.8 Å². The van der Waals surface area contributed by atoms with Crippen molar-refractivity contribution in [2.45, 2.75) is 33.0 Å². The Morgan fingerprint density at radius 3 is 2.61 bits per heavy atom. The predicted octanol–water partition coefficient (Wildman–Crippen LogP) is 5.31. The van der Waals surface area contributed by atoms with E-state index in [2.05, 4.69) is 0 Å². The SMILES string of the molecule is CC[C@@H](C)OC(=O)CN1C(=O)S/C(=C\c2cc(Cl)c(OCc3ccccc3)c(OC)c2)C1=O. The van der Waals surface area contributed by atoms with Crippen LogP contribution in [0.2, 0.25) is 5.02 Å². The molecule has 2 aromatic carbocycles. The molecule has 1 aliphatic heterocycles. The van der Waals surface area contributed by atoms with Crippen molar-refractivity contribution in [3.8, 4) is 11.5 Å². The van der Waals surface area contributed by atoms with E-state index >= 15 is 0 Å². The van der Waals surface area contributed by atoms with E-state index in [0.717, 1.165) is 22.2 Å². The van der Waals surface area contributed by atoms with Crippen LogP contribution in [0.4, 0.5) is 4.79 Å². The van der Waals surface area contributed by atoms with Crippen LogP contribution in [0.5, 0.6) is 11.5 Å². The number of ether oxygens (including phenoxy) is 3. The predicted molar refractivity (Wildman–Crippen MR) is 127 cm³/mol. The Kier molecular flexibility index (Phi) is 8.41. The maximum Gasteiger partial charge on any atom is 0.326 e. The quantitative estimate of drug-likeness (QED) is 0.349. The average molecular weight is 490 g/mol. The van der Waals surface area contributed by atoms with Gasteiger partial charge in [0, 0.05) is 0 Å². The molecule has 0 unspecified atom stereocenters. The number of rotatable bonds is 9. The first-order chi connectivity index (χ1) is 15.8. The molecule has 9 heteroatoms. The van der Waals surface area contributed by atoms with Gasteiger partial charge < -0.3 is 14.2 Å². The molecular weight excluding hydrogens is 466 g/mol. The highest BCUT2D eigenvalue weighted by Gasteiger charge is 2.37. The lowest BCUT2D eigenvalue weighted by atomic mass is 10.1. The van der Waals surface area contributed by atoms with Gasteiger partial charge in [-0.25, -0.2) is 0 Å². The minimum absolute atomic E-state index is 0.174. The van der Waals surface area contributed by atoms with Gasteiger partial charge in [-0.2, -0.15) is 0 Å². The highest BCUT2D eigenvalue weighted by atomic mass is 35.5. The van der Waals surface area contributed by atoms with Crippen molar-refractivity contribution in [2.24, 2.45) is 0 Å². The van der Waals surface area contributed by atoms with Crippen LogP contribution in [0.3, 0.4) is 0 Å². The number of benzene rings is 2. The van der Waals surface area contributed by atoms with E-state index in [1.807, 2.05) is 37.3 Å². The summed E-state index contributed by atoms with van der Waals surface area (Å²) in [6.45, 7) is 3.50. The lowest BCUT2D eigenvalue weighted by molar-refractivity contribution is -0.150. The van der Waals surface area contributed by atoms with E-state index in [9.17, 15) is 14.4 Å². The minimum atomic E-state index is -0.627. The van der Waals surface area contributed by atoms with Crippen LogP contribution < -0.4 is 9.47 Å². The third-order valence-electron chi connectivity index (χ3n) is 4.84. The van der Waals surface area contributed by atoms with E-state index < -0.39 is 23.7 Å². The maximum absolute atomic E-state index is 12.7. The van der Waals surface area contributed by atoms with Crippen LogP contribution in [-0.4, -0.2) is 41.8 Å². The molecule has 1 atom stereocenters. The zero-order chi connectivity index (χ0) is 24.0. The number of amides is 2. The monoisotopic (exact) mass is 489 g/mol. The summed E-state index contributed by atoms with van der Waals surface area (Å²) < 4.78 is 16.4. The van der Waals surface area contributed by atoms with Gasteiger partial charge in [-0.3, -0.25) is 19.3 Å². The number of carbonyl (C=O) groups is 3. The zero-order valence-electron chi connectivity index (χ0n) is 18.5. The number of carbonyl (C=O) groups excluding carboxylic acids is 3. The molecule has 0 aromatic heterocycles. The Hall–Kier alpha value is -2.97. The maximum atomic E-state index is 12.7. The van der Waals surface area contributed by atoms with E-state index in [1.165, 1.54) is 13.2 Å². The smallest absolute Gasteiger partial charge is 0.326 e.